The summed E-state index contributed by atoms with van der Waals surface area (Å²) in [6.45, 7) is 0.710. The van der Waals surface area contributed by atoms with Gasteiger partial charge in [0.2, 0.25) is 11.8 Å². The quantitative estimate of drug-likeness (QED) is 0.891. The fraction of sp³-hybridized carbons (Fsp3) is 0.263. The number of carbonyl (C=O) groups excluding carboxylic acids is 2. The normalized spacial score (nSPS) is 14.0. The molecule has 24 heavy (non-hydrogen) atoms. The van der Waals surface area contributed by atoms with Gasteiger partial charge in [0.15, 0.2) is 0 Å². The van der Waals surface area contributed by atoms with Crippen LogP contribution in [0.25, 0.3) is 0 Å². The van der Waals surface area contributed by atoms with E-state index in [9.17, 15) is 9.59 Å². The van der Waals surface area contributed by atoms with E-state index in [1.807, 2.05) is 36.4 Å². The van der Waals surface area contributed by atoms with Gasteiger partial charge in [-0.3, -0.25) is 9.59 Å². The van der Waals surface area contributed by atoms with Gasteiger partial charge in [0.05, 0.1) is 10.7 Å². The minimum absolute atomic E-state index is 0.0920. The van der Waals surface area contributed by atoms with Crippen molar-refractivity contribution < 1.29 is 9.59 Å². The first kappa shape index (κ1) is 16.5. The first-order chi connectivity index (χ1) is 11.6. The lowest BCUT2D eigenvalue weighted by atomic mass is 10.1. The van der Waals surface area contributed by atoms with Crippen molar-refractivity contribution in [3.63, 3.8) is 0 Å². The fourth-order valence-corrected chi connectivity index (χ4v) is 2.98. The van der Waals surface area contributed by atoms with Gasteiger partial charge >= 0.3 is 0 Å². The van der Waals surface area contributed by atoms with E-state index in [4.69, 9.17) is 11.6 Å². The summed E-state index contributed by atoms with van der Waals surface area (Å²) in [5, 5.41) is 3.32. The van der Waals surface area contributed by atoms with Gasteiger partial charge in [-0.1, -0.05) is 41.9 Å². The van der Waals surface area contributed by atoms with Crippen LogP contribution in [0.5, 0.6) is 0 Å². The van der Waals surface area contributed by atoms with Crippen molar-refractivity contribution in [3.8, 4) is 0 Å². The minimum atomic E-state index is -0.0920. The Morgan fingerprint density at radius 2 is 1.96 bits per heavy atom. The molecule has 2 aromatic carbocycles. The number of aryl methyl sites for hydroxylation is 1. The van der Waals surface area contributed by atoms with Gasteiger partial charge in [0, 0.05) is 25.1 Å². The summed E-state index contributed by atoms with van der Waals surface area (Å²) in [6, 6.07) is 15.2. The lowest BCUT2D eigenvalue weighted by molar-refractivity contribution is -0.117. The summed E-state index contributed by atoms with van der Waals surface area (Å²) in [4.78, 5) is 25.8. The number of rotatable bonds is 5. The third-order valence-corrected chi connectivity index (χ3v) is 4.42. The highest BCUT2D eigenvalue weighted by Gasteiger charge is 2.22. The molecule has 2 amide bonds. The van der Waals surface area contributed by atoms with Crippen LogP contribution in [0.4, 0.5) is 11.4 Å². The van der Waals surface area contributed by atoms with Crippen LogP contribution in [0, 0.1) is 0 Å². The molecule has 0 bridgehead atoms. The third-order valence-electron chi connectivity index (χ3n) is 4.09. The fourth-order valence-electron chi connectivity index (χ4n) is 2.81. The number of benzene rings is 2. The van der Waals surface area contributed by atoms with Crippen LogP contribution in [0.2, 0.25) is 5.02 Å². The number of hydrogen-bond acceptors (Lipinski definition) is 2. The highest BCUT2D eigenvalue weighted by molar-refractivity contribution is 6.33. The molecule has 1 saturated heterocycles. The predicted octanol–water partition coefficient (Wildman–Crippen LogP) is 4.04. The van der Waals surface area contributed by atoms with Crippen LogP contribution in [0.3, 0.4) is 0 Å². The van der Waals surface area contributed by atoms with Crippen LogP contribution >= 0.6 is 11.6 Å². The average molecular weight is 343 g/mol. The second-order valence-electron chi connectivity index (χ2n) is 5.85. The Hall–Kier alpha value is -2.33. The molecule has 0 unspecified atom stereocenters. The van der Waals surface area contributed by atoms with Gasteiger partial charge < -0.3 is 10.2 Å². The van der Waals surface area contributed by atoms with Crippen molar-refractivity contribution in [1.82, 2.24) is 0 Å². The standard InChI is InChI=1S/C19H19ClN2O2/c20-16-10-9-15(22-12-4-7-19(22)24)13-17(16)21-18(23)11-8-14-5-2-1-3-6-14/h1-3,5-6,9-10,13H,4,7-8,11-12H2,(H,21,23). The van der Waals surface area contributed by atoms with Crippen LogP contribution in [-0.2, 0) is 16.0 Å². The Morgan fingerprint density at radius 1 is 1.17 bits per heavy atom. The lowest BCUT2D eigenvalue weighted by Gasteiger charge is -2.17. The summed E-state index contributed by atoms with van der Waals surface area (Å²) in [5.74, 6) is 0.0179. The van der Waals surface area contributed by atoms with Gasteiger partial charge in [0.1, 0.15) is 0 Å². The molecule has 4 nitrogen and oxygen atoms in total. The predicted molar refractivity (Wildman–Crippen MR) is 96.4 cm³/mol. The molecule has 0 atom stereocenters. The second-order valence-corrected chi connectivity index (χ2v) is 6.25. The molecule has 5 heteroatoms. The van der Waals surface area contributed by atoms with E-state index < -0.39 is 0 Å². The number of halogens is 1. The molecule has 1 heterocycles. The van der Waals surface area contributed by atoms with Crippen molar-refractivity contribution in [2.75, 3.05) is 16.8 Å². The molecule has 1 fully saturated rings. The highest BCUT2D eigenvalue weighted by atomic mass is 35.5. The Morgan fingerprint density at radius 3 is 2.67 bits per heavy atom. The molecular formula is C19H19ClN2O2. The molecular weight excluding hydrogens is 324 g/mol. The Bertz CT molecular complexity index is 746. The first-order valence-electron chi connectivity index (χ1n) is 8.07. The van der Waals surface area contributed by atoms with E-state index >= 15 is 0 Å². The number of amides is 2. The lowest BCUT2D eigenvalue weighted by Crippen LogP contribution is -2.23. The SMILES string of the molecule is O=C(CCc1ccccc1)Nc1cc(N2CCCC2=O)ccc1Cl. The molecule has 0 saturated carbocycles. The van der Waals surface area contributed by atoms with E-state index in [0.717, 1.165) is 17.7 Å². The summed E-state index contributed by atoms with van der Waals surface area (Å²) in [7, 11) is 0. The number of carbonyl (C=O) groups is 2. The summed E-state index contributed by atoms with van der Waals surface area (Å²) < 4.78 is 0. The molecule has 124 valence electrons. The van der Waals surface area contributed by atoms with Crippen molar-refractivity contribution in [2.45, 2.75) is 25.7 Å². The van der Waals surface area contributed by atoms with Crippen LogP contribution in [-0.4, -0.2) is 18.4 Å². The third kappa shape index (κ3) is 3.95. The zero-order chi connectivity index (χ0) is 16.9. The first-order valence-corrected chi connectivity index (χ1v) is 8.45. The maximum atomic E-state index is 12.2. The van der Waals surface area contributed by atoms with Gasteiger partial charge in [0.25, 0.3) is 0 Å². The van der Waals surface area contributed by atoms with Crippen LogP contribution in [0.15, 0.2) is 48.5 Å². The second kappa shape index (κ2) is 7.49. The molecule has 0 aromatic heterocycles. The molecule has 1 aliphatic heterocycles. The van der Waals surface area contributed by atoms with E-state index in [1.165, 1.54) is 0 Å². The Balaban J connectivity index is 1.65. The van der Waals surface area contributed by atoms with E-state index in [2.05, 4.69) is 5.32 Å². The maximum absolute atomic E-state index is 12.2. The van der Waals surface area contributed by atoms with Crippen LogP contribution < -0.4 is 10.2 Å². The van der Waals surface area contributed by atoms with Gasteiger partial charge in [-0.25, -0.2) is 0 Å². The summed E-state index contributed by atoms with van der Waals surface area (Å²) in [6.07, 6.45) is 2.49. The minimum Gasteiger partial charge on any atom is -0.325 e. The van der Waals surface area contributed by atoms with Gasteiger partial charge in [-0.15, -0.1) is 0 Å². The Kier molecular flexibility index (Phi) is 5.16. The highest BCUT2D eigenvalue weighted by Crippen LogP contribution is 2.30. The molecule has 0 spiro atoms. The monoisotopic (exact) mass is 342 g/mol. The maximum Gasteiger partial charge on any atom is 0.227 e. The van der Waals surface area contributed by atoms with Crippen molar-refractivity contribution >= 4 is 34.8 Å². The largest absolute Gasteiger partial charge is 0.325 e. The molecule has 2 aromatic rings. The van der Waals surface area contributed by atoms with Crippen molar-refractivity contribution in [1.29, 1.82) is 0 Å². The summed E-state index contributed by atoms with van der Waals surface area (Å²) in [5.41, 5.74) is 2.45. The van der Waals surface area contributed by atoms with E-state index in [-0.39, 0.29) is 11.8 Å². The molecule has 0 aliphatic carbocycles. The number of nitrogens with zero attached hydrogens (tertiary/aromatic N) is 1. The van der Waals surface area contributed by atoms with E-state index in [1.54, 1.807) is 17.0 Å². The van der Waals surface area contributed by atoms with Gasteiger partial charge in [-0.05, 0) is 36.6 Å². The zero-order valence-corrected chi connectivity index (χ0v) is 14.1. The average Bonchev–Trinajstić information content (AvgIpc) is 3.02. The van der Waals surface area contributed by atoms with Gasteiger partial charge in [-0.2, -0.15) is 0 Å². The molecule has 0 radical (unpaired) electrons. The molecule has 3 rings (SSSR count). The zero-order valence-electron chi connectivity index (χ0n) is 13.3. The number of hydrogen-bond donors (Lipinski definition) is 1. The molecule has 1 aliphatic rings. The van der Waals surface area contributed by atoms with Crippen molar-refractivity contribution in [3.05, 3.63) is 59.1 Å². The van der Waals surface area contributed by atoms with E-state index in [0.29, 0.717) is 36.5 Å². The number of nitrogens with one attached hydrogen (secondary N) is 1. The van der Waals surface area contributed by atoms with Crippen LogP contribution in [0.1, 0.15) is 24.8 Å². The number of anilines is 2. The topological polar surface area (TPSA) is 49.4 Å². The molecule has 1 N–H and O–H groups in total. The Labute approximate surface area is 146 Å². The van der Waals surface area contributed by atoms with Crippen molar-refractivity contribution in [2.24, 2.45) is 0 Å². The summed E-state index contributed by atoms with van der Waals surface area (Å²) >= 11 is 6.18. The smallest absolute Gasteiger partial charge is 0.227 e.